The summed E-state index contributed by atoms with van der Waals surface area (Å²) in [5, 5.41) is 15.2. The third-order valence-electron chi connectivity index (χ3n) is 4.38. The van der Waals surface area contributed by atoms with Crippen LogP contribution in [0.4, 0.5) is 22.0 Å². The number of carbonyl (C=O) groups is 3. The zero-order valence-corrected chi connectivity index (χ0v) is 19.4. The molecule has 13 heteroatoms. The Labute approximate surface area is 203 Å². The highest BCUT2D eigenvalue weighted by Gasteiger charge is 2.20. The highest BCUT2D eigenvalue weighted by atomic mass is 32.1. The van der Waals surface area contributed by atoms with Gasteiger partial charge in [-0.05, 0) is 12.1 Å². The Balaban J connectivity index is 2.05. The number of anilines is 3. The van der Waals surface area contributed by atoms with Crippen molar-refractivity contribution < 1.29 is 28.0 Å². The van der Waals surface area contributed by atoms with Crippen molar-refractivity contribution in [2.45, 2.75) is 0 Å². The molecule has 0 radical (unpaired) electrons. The highest BCUT2D eigenvalue weighted by Crippen LogP contribution is 2.40. The van der Waals surface area contributed by atoms with Crippen molar-refractivity contribution in [2.24, 2.45) is 0 Å². The highest BCUT2D eigenvalue weighted by molar-refractivity contribution is 7.16. The van der Waals surface area contributed by atoms with E-state index in [0.29, 0.717) is 26.9 Å². The van der Waals surface area contributed by atoms with E-state index in [2.05, 4.69) is 30.6 Å². The Kier molecular flexibility index (Phi) is 6.33. The summed E-state index contributed by atoms with van der Waals surface area (Å²) in [6, 6.07) is 6.35. The molecule has 0 aliphatic rings. The van der Waals surface area contributed by atoms with Crippen LogP contribution in [0.1, 0.15) is 24.3 Å². The number of methoxy groups -OCH3 is 2. The summed E-state index contributed by atoms with van der Waals surface area (Å²) < 4.78 is 32.1. The number of nitrogens with one attached hydrogen (secondary N) is 3. The van der Waals surface area contributed by atoms with Crippen molar-refractivity contribution >= 4 is 46.4 Å². The predicted octanol–water partition coefficient (Wildman–Crippen LogP) is 2.59. The Morgan fingerprint density at radius 1 is 1.15 bits per heavy atom. The quantitative estimate of drug-likeness (QED) is 0.456. The van der Waals surface area contributed by atoms with Crippen molar-refractivity contribution in [3.05, 3.63) is 41.0 Å². The van der Waals surface area contributed by atoms with Crippen LogP contribution in [0, 0.1) is 0 Å². The Hall–Kier alpha value is -4.26. The molecule has 0 saturated carbocycles. The topological polar surface area (TPSA) is 148 Å². The lowest BCUT2D eigenvalue weighted by Gasteiger charge is -2.16. The molecule has 0 bridgehead atoms. The number of rotatable bonds is 7. The van der Waals surface area contributed by atoms with Gasteiger partial charge in [-0.15, -0.1) is 21.5 Å². The zero-order chi connectivity index (χ0) is 27.3. The van der Waals surface area contributed by atoms with Crippen molar-refractivity contribution in [3.8, 4) is 16.3 Å². The van der Waals surface area contributed by atoms with Crippen LogP contribution in [0.2, 0.25) is 0 Å². The first-order chi connectivity index (χ1) is 17.4. The van der Waals surface area contributed by atoms with Gasteiger partial charge in [-0.25, -0.2) is 9.78 Å². The van der Waals surface area contributed by atoms with Crippen molar-refractivity contribution in [1.29, 1.82) is 0 Å². The van der Waals surface area contributed by atoms with Crippen molar-refractivity contribution in [1.82, 2.24) is 25.4 Å². The summed E-state index contributed by atoms with van der Waals surface area (Å²) in [6.45, 7) is -2.77. The van der Waals surface area contributed by atoms with Gasteiger partial charge in [0.2, 0.25) is 0 Å². The van der Waals surface area contributed by atoms with Gasteiger partial charge in [0.15, 0.2) is 17.3 Å². The van der Waals surface area contributed by atoms with Crippen LogP contribution in [0.25, 0.3) is 10.6 Å². The Bertz CT molecular complexity index is 1330. The lowest BCUT2D eigenvalue weighted by Crippen LogP contribution is -2.22. The van der Waals surface area contributed by atoms with Crippen LogP contribution in [-0.4, -0.2) is 73.3 Å². The molecule has 3 N–H and O–H groups in total. The van der Waals surface area contributed by atoms with Crippen molar-refractivity contribution in [2.75, 3.05) is 45.9 Å². The van der Waals surface area contributed by atoms with E-state index in [-0.39, 0.29) is 23.1 Å². The molecule has 3 aromatic rings. The SMILES string of the molecule is [2H]C([2H])([2H])NC(=O)c1nnc(NC(=O)OC)cc1Nc1cccc(-c2ncc(C(=O)N(C)C)s2)c1OC. The molecule has 34 heavy (non-hydrogen) atoms. The van der Waals surface area contributed by atoms with Gasteiger partial charge in [-0.2, -0.15) is 0 Å². The number of amides is 3. The number of benzene rings is 1. The third-order valence-corrected chi connectivity index (χ3v) is 5.40. The minimum absolute atomic E-state index is 0.0150. The maximum atomic E-state index is 12.6. The minimum Gasteiger partial charge on any atom is -0.494 e. The van der Waals surface area contributed by atoms with Gasteiger partial charge in [0.25, 0.3) is 11.8 Å². The van der Waals surface area contributed by atoms with E-state index < -0.39 is 19.0 Å². The second-order valence-electron chi connectivity index (χ2n) is 6.80. The number of nitrogens with zero attached hydrogens (tertiary/aromatic N) is 4. The summed E-state index contributed by atoms with van der Waals surface area (Å²) in [6.07, 6.45) is 0.641. The second-order valence-corrected chi connectivity index (χ2v) is 7.83. The average molecular weight is 489 g/mol. The molecule has 0 spiro atoms. The van der Waals surface area contributed by atoms with E-state index in [0.717, 1.165) is 7.11 Å². The molecule has 0 fully saturated rings. The van der Waals surface area contributed by atoms with Crippen LogP contribution in [0.15, 0.2) is 30.5 Å². The molecule has 1 aromatic carbocycles. The molecular formula is C21H23N7O5S. The first kappa shape index (κ1) is 20.4. The number of ether oxygens (including phenoxy) is 2. The van der Waals surface area contributed by atoms with E-state index in [1.807, 2.05) is 5.32 Å². The molecule has 3 amide bonds. The maximum absolute atomic E-state index is 12.6. The van der Waals surface area contributed by atoms with Crippen LogP contribution in [-0.2, 0) is 4.74 Å². The fraction of sp³-hybridized carbons (Fsp3) is 0.238. The number of aromatic nitrogens is 3. The Morgan fingerprint density at radius 2 is 1.94 bits per heavy atom. The van der Waals surface area contributed by atoms with Gasteiger partial charge in [-0.1, -0.05) is 6.07 Å². The fourth-order valence-corrected chi connectivity index (χ4v) is 3.78. The summed E-state index contributed by atoms with van der Waals surface area (Å²) in [4.78, 5) is 42.8. The van der Waals surface area contributed by atoms with Crippen LogP contribution >= 0.6 is 11.3 Å². The molecule has 2 aromatic heterocycles. The van der Waals surface area contributed by atoms with Gasteiger partial charge in [0.1, 0.15) is 9.88 Å². The summed E-state index contributed by atoms with van der Waals surface area (Å²) in [5.74, 6) is -0.972. The molecule has 12 nitrogen and oxygen atoms in total. The molecular weight excluding hydrogens is 462 g/mol. The van der Waals surface area contributed by atoms with Crippen molar-refractivity contribution in [3.63, 3.8) is 0 Å². The van der Waals surface area contributed by atoms with Crippen LogP contribution < -0.4 is 20.7 Å². The smallest absolute Gasteiger partial charge is 0.412 e. The van der Waals surface area contributed by atoms with E-state index in [1.54, 1.807) is 32.3 Å². The van der Waals surface area contributed by atoms with Crippen LogP contribution in [0.3, 0.4) is 0 Å². The first-order valence-electron chi connectivity index (χ1n) is 11.1. The largest absolute Gasteiger partial charge is 0.494 e. The normalized spacial score (nSPS) is 11.9. The standard InChI is InChI=1S/C21H23N7O5S/c1-22-18(29)16-13(9-15(26-27-16)25-21(31)33-5)24-12-8-6-7-11(17(12)32-4)19-23-10-14(34-19)20(30)28(2)3/h6-10H,1-5H3,(H,22,29)(H2,24,25,26,31)/i1D3. The third kappa shape index (κ3) is 5.20. The average Bonchev–Trinajstić information content (AvgIpc) is 3.32. The second kappa shape index (κ2) is 10.6. The van der Waals surface area contributed by atoms with E-state index >= 15 is 0 Å². The van der Waals surface area contributed by atoms with Gasteiger partial charge in [-0.3, -0.25) is 14.9 Å². The van der Waals surface area contributed by atoms with Crippen LogP contribution in [0.5, 0.6) is 5.75 Å². The minimum atomic E-state index is -2.77. The molecule has 0 aliphatic carbocycles. The Morgan fingerprint density at radius 3 is 2.62 bits per heavy atom. The van der Waals surface area contributed by atoms with E-state index in [4.69, 9.17) is 8.85 Å². The molecule has 0 unspecified atom stereocenters. The van der Waals surface area contributed by atoms with Gasteiger partial charge < -0.3 is 25.0 Å². The molecule has 0 atom stereocenters. The first-order valence-corrected chi connectivity index (χ1v) is 10.4. The van der Waals surface area contributed by atoms with E-state index in [1.165, 1.54) is 35.6 Å². The van der Waals surface area contributed by atoms with Gasteiger partial charge in [0.05, 0.1) is 37.4 Å². The van der Waals surface area contributed by atoms with Gasteiger partial charge in [0, 0.05) is 31.2 Å². The number of thiazole rings is 1. The molecule has 0 saturated heterocycles. The number of hydrogen-bond donors (Lipinski definition) is 3. The fourth-order valence-electron chi connectivity index (χ4n) is 2.82. The van der Waals surface area contributed by atoms with Gasteiger partial charge >= 0.3 is 6.09 Å². The lowest BCUT2D eigenvalue weighted by molar-refractivity contribution is 0.0831. The maximum Gasteiger partial charge on any atom is 0.412 e. The monoisotopic (exact) mass is 488 g/mol. The number of hydrogen-bond acceptors (Lipinski definition) is 10. The lowest BCUT2D eigenvalue weighted by atomic mass is 10.1. The zero-order valence-electron chi connectivity index (χ0n) is 21.6. The molecule has 3 rings (SSSR count). The predicted molar refractivity (Wildman–Crippen MR) is 127 cm³/mol. The summed E-state index contributed by atoms with van der Waals surface area (Å²) >= 11 is 1.17. The summed E-state index contributed by atoms with van der Waals surface area (Å²) in [5.41, 5.74) is 0.572. The number of carbonyl (C=O) groups excluding carboxylic acids is 3. The van der Waals surface area contributed by atoms with E-state index in [9.17, 15) is 14.4 Å². The summed E-state index contributed by atoms with van der Waals surface area (Å²) in [7, 11) is 5.87. The number of para-hydroxylation sites is 1. The molecule has 178 valence electrons. The molecule has 2 heterocycles. The molecule has 0 aliphatic heterocycles.